The molecule has 1 fully saturated rings. The third-order valence-electron chi connectivity index (χ3n) is 3.34. The lowest BCUT2D eigenvalue weighted by Crippen LogP contribution is -2.48. The van der Waals surface area contributed by atoms with Crippen LogP contribution >= 0.6 is 0 Å². The van der Waals surface area contributed by atoms with E-state index in [2.05, 4.69) is 5.32 Å². The molecule has 3 rings (SSSR count). The van der Waals surface area contributed by atoms with Gasteiger partial charge in [0.05, 0.1) is 12.7 Å². The summed E-state index contributed by atoms with van der Waals surface area (Å²) in [5.74, 6) is -0.0832. The fourth-order valence-electron chi connectivity index (χ4n) is 2.39. The van der Waals surface area contributed by atoms with Crippen LogP contribution in [-0.2, 0) is 11.2 Å². The predicted octanol–water partition coefficient (Wildman–Crippen LogP) is 1.80. The maximum atomic E-state index is 13.6. The molecule has 0 amide bonds. The van der Waals surface area contributed by atoms with E-state index < -0.39 is 0 Å². The van der Waals surface area contributed by atoms with E-state index in [-0.39, 0.29) is 11.9 Å². The van der Waals surface area contributed by atoms with Crippen LogP contribution in [0.15, 0.2) is 18.2 Å². The van der Waals surface area contributed by atoms with Crippen molar-refractivity contribution in [1.82, 2.24) is 5.32 Å². The van der Waals surface area contributed by atoms with Gasteiger partial charge in [-0.05, 0) is 36.6 Å². The molecule has 0 aromatic heterocycles. The Kier molecular flexibility index (Phi) is 2.22. The molecule has 1 saturated heterocycles. The highest BCUT2D eigenvalue weighted by Crippen LogP contribution is 2.33. The first-order valence-electron chi connectivity index (χ1n) is 5.48. The van der Waals surface area contributed by atoms with Gasteiger partial charge in [0.25, 0.3) is 0 Å². The third-order valence-corrected chi connectivity index (χ3v) is 3.34. The van der Waals surface area contributed by atoms with Crippen molar-refractivity contribution in [2.24, 2.45) is 0 Å². The quantitative estimate of drug-likeness (QED) is 0.758. The third kappa shape index (κ3) is 1.46. The molecule has 1 aromatic rings. The van der Waals surface area contributed by atoms with Gasteiger partial charge in [0.15, 0.2) is 0 Å². The zero-order chi connectivity index (χ0) is 10.3. The average molecular weight is 207 g/mol. The van der Waals surface area contributed by atoms with Crippen molar-refractivity contribution < 1.29 is 9.13 Å². The molecular formula is C12H14FNO. The van der Waals surface area contributed by atoms with Gasteiger partial charge in [-0.25, -0.2) is 4.39 Å². The van der Waals surface area contributed by atoms with Gasteiger partial charge in [0.2, 0.25) is 0 Å². The van der Waals surface area contributed by atoms with Crippen molar-refractivity contribution in [2.75, 3.05) is 13.2 Å². The Morgan fingerprint density at radius 3 is 3.00 bits per heavy atom. The Bertz CT molecular complexity index is 376. The smallest absolute Gasteiger partial charge is 0.126 e. The van der Waals surface area contributed by atoms with E-state index in [1.807, 2.05) is 6.07 Å². The average Bonchev–Trinajstić information content (AvgIpc) is 2.17. The van der Waals surface area contributed by atoms with Crippen LogP contribution in [0.2, 0.25) is 0 Å². The Morgan fingerprint density at radius 2 is 2.27 bits per heavy atom. The Balaban J connectivity index is 1.98. The predicted molar refractivity (Wildman–Crippen MR) is 55.2 cm³/mol. The summed E-state index contributed by atoms with van der Waals surface area (Å²) in [5.41, 5.74) is 1.89. The van der Waals surface area contributed by atoms with Gasteiger partial charge < -0.3 is 10.1 Å². The van der Waals surface area contributed by atoms with Gasteiger partial charge in [-0.2, -0.15) is 0 Å². The summed E-state index contributed by atoms with van der Waals surface area (Å²) in [5, 5.41) is 3.33. The number of rotatable bonds is 1. The molecule has 0 spiro atoms. The number of halogens is 1. The van der Waals surface area contributed by atoms with Crippen molar-refractivity contribution >= 4 is 0 Å². The second kappa shape index (κ2) is 3.58. The van der Waals surface area contributed by atoms with Gasteiger partial charge >= 0.3 is 0 Å². The Hall–Kier alpha value is -0.930. The molecule has 2 heterocycles. The molecule has 0 radical (unpaired) electrons. The van der Waals surface area contributed by atoms with Crippen molar-refractivity contribution in [2.45, 2.75) is 25.0 Å². The van der Waals surface area contributed by atoms with E-state index in [9.17, 15) is 4.39 Å². The van der Waals surface area contributed by atoms with E-state index in [0.717, 1.165) is 24.1 Å². The van der Waals surface area contributed by atoms with Crippen LogP contribution in [0.25, 0.3) is 0 Å². The molecule has 2 atom stereocenters. The van der Waals surface area contributed by atoms with Gasteiger partial charge in [-0.3, -0.25) is 0 Å². The number of benzene rings is 1. The summed E-state index contributed by atoms with van der Waals surface area (Å²) in [4.78, 5) is 0. The van der Waals surface area contributed by atoms with Crippen LogP contribution in [0.1, 0.15) is 23.7 Å². The van der Waals surface area contributed by atoms with E-state index in [1.54, 1.807) is 6.07 Å². The number of nitrogens with one attached hydrogen (secondary N) is 1. The summed E-state index contributed by atoms with van der Waals surface area (Å²) in [6.07, 6.45) is 1.88. The minimum Gasteiger partial charge on any atom is -0.372 e. The van der Waals surface area contributed by atoms with E-state index in [4.69, 9.17) is 4.74 Å². The molecular weight excluding hydrogens is 193 g/mol. The van der Waals surface area contributed by atoms with Gasteiger partial charge in [0, 0.05) is 6.04 Å². The maximum absolute atomic E-state index is 13.6. The Labute approximate surface area is 88.4 Å². The summed E-state index contributed by atoms with van der Waals surface area (Å²) < 4.78 is 19.3. The van der Waals surface area contributed by atoms with Crippen molar-refractivity contribution in [1.29, 1.82) is 0 Å². The van der Waals surface area contributed by atoms with Gasteiger partial charge in [0.1, 0.15) is 5.82 Å². The zero-order valence-corrected chi connectivity index (χ0v) is 8.50. The van der Waals surface area contributed by atoms with Crippen LogP contribution in [-0.4, -0.2) is 19.2 Å². The first-order chi connectivity index (χ1) is 7.36. The van der Waals surface area contributed by atoms with Crippen molar-refractivity contribution in [3.05, 3.63) is 35.1 Å². The summed E-state index contributed by atoms with van der Waals surface area (Å²) >= 11 is 0. The molecule has 2 unspecified atom stereocenters. The highest BCUT2D eigenvalue weighted by atomic mass is 19.1. The largest absolute Gasteiger partial charge is 0.372 e. The maximum Gasteiger partial charge on any atom is 0.126 e. The molecule has 0 saturated carbocycles. The fourth-order valence-corrected chi connectivity index (χ4v) is 2.39. The molecule has 80 valence electrons. The van der Waals surface area contributed by atoms with E-state index >= 15 is 0 Å². The standard InChI is InChI=1S/C12H14FNO/c13-10-3-1-2-9-8(10)5-7-15-12(9)11-4-6-14-11/h1-3,11-12,14H,4-7H2. The first kappa shape index (κ1) is 9.31. The highest BCUT2D eigenvalue weighted by molar-refractivity contribution is 5.33. The highest BCUT2D eigenvalue weighted by Gasteiger charge is 2.33. The van der Waals surface area contributed by atoms with Gasteiger partial charge in [-0.1, -0.05) is 12.1 Å². The number of fused-ring (bicyclic) bond motifs is 1. The van der Waals surface area contributed by atoms with E-state index in [0.29, 0.717) is 19.1 Å². The van der Waals surface area contributed by atoms with Crippen LogP contribution in [0.5, 0.6) is 0 Å². The fraction of sp³-hybridized carbons (Fsp3) is 0.500. The first-order valence-corrected chi connectivity index (χ1v) is 5.48. The minimum absolute atomic E-state index is 0.0539. The van der Waals surface area contributed by atoms with Crippen LogP contribution in [0, 0.1) is 5.82 Å². The Morgan fingerprint density at radius 1 is 1.40 bits per heavy atom. The molecule has 3 heteroatoms. The topological polar surface area (TPSA) is 21.3 Å². The lowest BCUT2D eigenvalue weighted by atomic mass is 9.89. The van der Waals surface area contributed by atoms with Crippen molar-refractivity contribution in [3.63, 3.8) is 0 Å². The normalized spacial score (nSPS) is 29.4. The number of ether oxygens (including phenoxy) is 1. The lowest BCUT2D eigenvalue weighted by molar-refractivity contribution is -0.00230. The van der Waals surface area contributed by atoms with Crippen LogP contribution in [0.3, 0.4) is 0 Å². The second-order valence-electron chi connectivity index (χ2n) is 4.20. The molecule has 1 N–H and O–H groups in total. The minimum atomic E-state index is -0.0832. The number of hydrogen-bond acceptors (Lipinski definition) is 2. The zero-order valence-electron chi connectivity index (χ0n) is 8.50. The molecule has 0 bridgehead atoms. The molecule has 15 heavy (non-hydrogen) atoms. The second-order valence-corrected chi connectivity index (χ2v) is 4.20. The van der Waals surface area contributed by atoms with Crippen LogP contribution < -0.4 is 5.32 Å². The van der Waals surface area contributed by atoms with Crippen LogP contribution in [0.4, 0.5) is 4.39 Å². The lowest BCUT2D eigenvalue weighted by Gasteiger charge is -2.38. The van der Waals surface area contributed by atoms with Gasteiger partial charge in [-0.15, -0.1) is 0 Å². The molecule has 1 aromatic carbocycles. The van der Waals surface area contributed by atoms with E-state index in [1.165, 1.54) is 6.07 Å². The SMILES string of the molecule is Fc1cccc2c1CCOC2C1CCN1. The monoisotopic (exact) mass is 207 g/mol. The summed E-state index contributed by atoms with van der Waals surface area (Å²) in [6.45, 7) is 1.69. The molecule has 2 nitrogen and oxygen atoms in total. The molecule has 2 aliphatic heterocycles. The summed E-state index contributed by atoms with van der Waals surface area (Å²) in [7, 11) is 0. The molecule has 2 aliphatic rings. The summed E-state index contributed by atoms with van der Waals surface area (Å²) in [6, 6.07) is 5.68. The van der Waals surface area contributed by atoms with Crippen molar-refractivity contribution in [3.8, 4) is 0 Å². The molecule has 0 aliphatic carbocycles. The number of hydrogen-bond donors (Lipinski definition) is 1.